The molecular weight excluding hydrogens is 531 g/mol. The fourth-order valence-corrected chi connectivity index (χ4v) is 4.93. The molecule has 0 spiro atoms. The molecule has 204 valence electrons. The lowest BCUT2D eigenvalue weighted by Crippen LogP contribution is -2.14. The molecule has 0 aliphatic heterocycles. The lowest BCUT2D eigenvalue weighted by molar-refractivity contribution is 0.0594. The second-order valence-corrected chi connectivity index (χ2v) is 9.97. The number of fused-ring (bicyclic) bond motifs is 1. The third-order valence-corrected chi connectivity index (χ3v) is 7.15. The van der Waals surface area contributed by atoms with Gasteiger partial charge in [0.15, 0.2) is 11.3 Å². The molecule has 1 unspecified atom stereocenters. The molecule has 1 aliphatic rings. The standard InChI is InChI=1S/C31H28ClFN4O3/c1-3-4-16-37-28(34-26-14-15-27(31(38)39-2)36-30(26)37)17-20-8-10-21(11-9-20)25-6-5-7-29(35-25)40-19-22-12-13-23(32)18-24(22)33/h5-7,10,12-15,18,20H,8-9,11,16-17,19H2,1-2H3. The number of hydrogen-bond acceptors (Lipinski definition) is 6. The van der Waals surface area contributed by atoms with Crippen molar-refractivity contribution < 1.29 is 18.7 Å². The number of allylic oxidation sites excluding steroid dienone is 2. The van der Waals surface area contributed by atoms with Crippen LogP contribution < -0.4 is 4.74 Å². The Morgan fingerprint density at radius 2 is 2.05 bits per heavy atom. The van der Waals surface area contributed by atoms with Gasteiger partial charge in [-0.2, -0.15) is 0 Å². The van der Waals surface area contributed by atoms with Crippen LogP contribution in [0.4, 0.5) is 4.39 Å². The van der Waals surface area contributed by atoms with Gasteiger partial charge in [0.1, 0.15) is 23.8 Å². The topological polar surface area (TPSA) is 79.1 Å². The minimum Gasteiger partial charge on any atom is -0.473 e. The van der Waals surface area contributed by atoms with Crippen LogP contribution in [-0.2, 0) is 24.3 Å². The van der Waals surface area contributed by atoms with Gasteiger partial charge in [0.25, 0.3) is 0 Å². The molecule has 1 aromatic carbocycles. The van der Waals surface area contributed by atoms with Crippen molar-refractivity contribution in [3.05, 3.63) is 88.2 Å². The van der Waals surface area contributed by atoms with Crippen molar-refractivity contribution in [2.75, 3.05) is 7.11 Å². The average Bonchev–Trinajstić information content (AvgIpc) is 3.31. The van der Waals surface area contributed by atoms with E-state index in [-0.39, 0.29) is 12.3 Å². The second kappa shape index (κ2) is 12.3. The number of benzene rings is 1. The second-order valence-electron chi connectivity index (χ2n) is 9.53. The minimum absolute atomic E-state index is 0.0694. The van der Waals surface area contributed by atoms with Crippen LogP contribution in [0.5, 0.6) is 5.88 Å². The number of methoxy groups -OCH3 is 1. The van der Waals surface area contributed by atoms with E-state index in [1.54, 1.807) is 37.3 Å². The zero-order chi connectivity index (χ0) is 28.1. The van der Waals surface area contributed by atoms with Crippen molar-refractivity contribution in [2.45, 2.75) is 45.8 Å². The maximum Gasteiger partial charge on any atom is 0.356 e. The molecule has 1 aliphatic carbocycles. The summed E-state index contributed by atoms with van der Waals surface area (Å²) in [6.07, 6.45) is 5.71. The SMILES string of the molecule is CC#CCn1c(CC2CC=C(c3cccc(OCc4ccc(Cl)cc4F)n3)CC2)nc2ccc(C(=O)OC)nc21. The molecule has 3 heterocycles. The van der Waals surface area contributed by atoms with Gasteiger partial charge in [-0.25, -0.2) is 24.1 Å². The maximum atomic E-state index is 14.1. The molecule has 7 nitrogen and oxygen atoms in total. The monoisotopic (exact) mass is 558 g/mol. The Bertz CT molecular complexity index is 1650. The van der Waals surface area contributed by atoms with E-state index in [0.29, 0.717) is 34.6 Å². The highest BCUT2D eigenvalue weighted by molar-refractivity contribution is 6.30. The number of halogens is 2. The van der Waals surface area contributed by atoms with E-state index in [2.05, 4.69) is 27.9 Å². The Morgan fingerprint density at radius 1 is 1.18 bits per heavy atom. The molecule has 0 N–H and O–H groups in total. The van der Waals surface area contributed by atoms with Crippen LogP contribution in [0.2, 0.25) is 5.02 Å². The first-order valence-electron chi connectivity index (χ1n) is 13.0. The van der Waals surface area contributed by atoms with Crippen LogP contribution in [-0.4, -0.2) is 32.6 Å². The van der Waals surface area contributed by atoms with Crippen molar-refractivity contribution in [3.63, 3.8) is 0 Å². The zero-order valence-electron chi connectivity index (χ0n) is 22.3. The molecule has 0 saturated heterocycles. The van der Waals surface area contributed by atoms with E-state index >= 15 is 0 Å². The Kier molecular flexibility index (Phi) is 8.42. The lowest BCUT2D eigenvalue weighted by Gasteiger charge is -2.22. The molecule has 9 heteroatoms. The van der Waals surface area contributed by atoms with Gasteiger partial charge in [-0.1, -0.05) is 35.7 Å². The fourth-order valence-electron chi connectivity index (χ4n) is 4.78. The van der Waals surface area contributed by atoms with E-state index in [1.807, 2.05) is 16.7 Å². The quantitative estimate of drug-likeness (QED) is 0.183. The smallest absolute Gasteiger partial charge is 0.356 e. The number of pyridine rings is 2. The summed E-state index contributed by atoms with van der Waals surface area (Å²) in [6.45, 7) is 2.31. The van der Waals surface area contributed by atoms with E-state index in [0.717, 1.165) is 48.3 Å². The number of aromatic nitrogens is 4. The van der Waals surface area contributed by atoms with Gasteiger partial charge in [0, 0.05) is 23.1 Å². The Labute approximate surface area is 237 Å². The molecular formula is C31H28ClFN4O3. The first-order chi connectivity index (χ1) is 19.4. The molecule has 0 bridgehead atoms. The van der Waals surface area contributed by atoms with Gasteiger partial charge in [-0.05, 0) is 68.0 Å². The highest BCUT2D eigenvalue weighted by atomic mass is 35.5. The fraction of sp³-hybridized carbons (Fsp3) is 0.290. The van der Waals surface area contributed by atoms with Crippen LogP contribution in [0, 0.1) is 23.6 Å². The van der Waals surface area contributed by atoms with Gasteiger partial charge in [-0.15, -0.1) is 5.92 Å². The highest BCUT2D eigenvalue weighted by Gasteiger charge is 2.21. The van der Waals surface area contributed by atoms with Gasteiger partial charge in [0.2, 0.25) is 5.88 Å². The molecule has 4 aromatic rings. The summed E-state index contributed by atoms with van der Waals surface area (Å²) in [5.41, 5.74) is 4.05. The van der Waals surface area contributed by atoms with E-state index < -0.39 is 11.8 Å². The van der Waals surface area contributed by atoms with Crippen molar-refractivity contribution in [3.8, 4) is 17.7 Å². The van der Waals surface area contributed by atoms with E-state index in [9.17, 15) is 9.18 Å². The molecule has 0 radical (unpaired) electrons. The summed E-state index contributed by atoms with van der Waals surface area (Å²) in [6, 6.07) is 13.6. The highest BCUT2D eigenvalue weighted by Crippen LogP contribution is 2.32. The summed E-state index contributed by atoms with van der Waals surface area (Å²) in [5.74, 6) is 6.88. The Morgan fingerprint density at radius 3 is 2.80 bits per heavy atom. The maximum absolute atomic E-state index is 14.1. The summed E-state index contributed by atoms with van der Waals surface area (Å²) in [5, 5.41) is 0.347. The van der Waals surface area contributed by atoms with Gasteiger partial charge >= 0.3 is 5.97 Å². The summed E-state index contributed by atoms with van der Waals surface area (Å²) in [4.78, 5) is 26.0. The Balaban J connectivity index is 1.28. The normalized spacial score (nSPS) is 14.8. The Hall–Kier alpha value is -4.22. The van der Waals surface area contributed by atoms with Gasteiger partial charge < -0.3 is 14.0 Å². The van der Waals surface area contributed by atoms with Crippen LogP contribution in [0.1, 0.15) is 53.8 Å². The molecule has 0 fully saturated rings. The first kappa shape index (κ1) is 27.4. The average molecular weight is 559 g/mol. The number of nitrogens with zero attached hydrogens (tertiary/aromatic N) is 4. The number of ether oxygens (including phenoxy) is 2. The number of carbonyl (C=O) groups is 1. The lowest BCUT2D eigenvalue weighted by atomic mass is 9.86. The van der Waals surface area contributed by atoms with E-state index in [1.165, 1.54) is 13.2 Å². The number of esters is 1. The van der Waals surface area contributed by atoms with Crippen LogP contribution in [0.15, 0.2) is 54.6 Å². The molecule has 40 heavy (non-hydrogen) atoms. The van der Waals surface area contributed by atoms with Crippen LogP contribution in [0.25, 0.3) is 16.7 Å². The van der Waals surface area contributed by atoms with Crippen molar-refractivity contribution >= 4 is 34.3 Å². The van der Waals surface area contributed by atoms with Crippen molar-refractivity contribution in [1.29, 1.82) is 0 Å². The van der Waals surface area contributed by atoms with E-state index in [4.69, 9.17) is 26.1 Å². The predicted octanol–water partition coefficient (Wildman–Crippen LogP) is 6.43. The molecule has 3 aromatic heterocycles. The van der Waals surface area contributed by atoms with Gasteiger partial charge in [0.05, 0.1) is 19.3 Å². The molecule has 0 saturated carbocycles. The number of carbonyl (C=O) groups excluding carboxylic acids is 1. The zero-order valence-corrected chi connectivity index (χ0v) is 23.0. The number of rotatable bonds is 8. The number of imidazole rings is 1. The third-order valence-electron chi connectivity index (χ3n) is 6.91. The largest absolute Gasteiger partial charge is 0.473 e. The van der Waals surface area contributed by atoms with Gasteiger partial charge in [-0.3, -0.25) is 0 Å². The third kappa shape index (κ3) is 6.16. The summed E-state index contributed by atoms with van der Waals surface area (Å²) < 4.78 is 26.7. The summed E-state index contributed by atoms with van der Waals surface area (Å²) >= 11 is 5.84. The molecule has 1 atom stereocenters. The molecule has 0 amide bonds. The summed E-state index contributed by atoms with van der Waals surface area (Å²) in [7, 11) is 1.34. The van der Waals surface area contributed by atoms with Crippen molar-refractivity contribution in [1.82, 2.24) is 19.5 Å². The van der Waals surface area contributed by atoms with Crippen molar-refractivity contribution in [2.24, 2.45) is 5.92 Å². The molecule has 5 rings (SSSR count). The predicted molar refractivity (Wildman–Crippen MR) is 151 cm³/mol. The number of hydrogen-bond donors (Lipinski definition) is 0. The van der Waals surface area contributed by atoms with Crippen LogP contribution >= 0.6 is 11.6 Å². The first-order valence-corrected chi connectivity index (χ1v) is 13.4. The van der Waals surface area contributed by atoms with Crippen LogP contribution in [0.3, 0.4) is 0 Å². The minimum atomic E-state index is -0.483.